The molecule has 1 N–H and O–H groups in total. The number of hydrogen-bond acceptors (Lipinski definition) is 1. The molecule has 2 nitrogen and oxygen atoms in total. The van der Waals surface area contributed by atoms with Crippen LogP contribution in [0.2, 0.25) is 0 Å². The lowest BCUT2D eigenvalue weighted by molar-refractivity contribution is 0.457. The molecule has 2 unspecified atom stereocenters. The Labute approximate surface area is 138 Å². The van der Waals surface area contributed by atoms with Gasteiger partial charge in [0.1, 0.15) is 5.82 Å². The van der Waals surface area contributed by atoms with Gasteiger partial charge in [0.15, 0.2) is 7.29 Å². The van der Waals surface area contributed by atoms with Crippen molar-refractivity contribution in [3.63, 3.8) is 0 Å². The molecule has 0 saturated carbocycles. The lowest BCUT2D eigenvalue weighted by atomic mass is 10.0. The average Bonchev–Trinajstić information content (AvgIpc) is 2.47. The fraction of sp³-hybridized carbons (Fsp3) is 0.368. The van der Waals surface area contributed by atoms with Gasteiger partial charge in [0.05, 0.1) is 0 Å². The van der Waals surface area contributed by atoms with Crippen LogP contribution in [-0.2, 0) is 4.57 Å². The third-order valence-corrected chi connectivity index (χ3v) is 6.97. The summed E-state index contributed by atoms with van der Waals surface area (Å²) >= 11 is 0. The fourth-order valence-corrected chi connectivity index (χ4v) is 5.87. The smallest absolute Gasteiger partial charge is 0.177 e. The number of nitrogens with one attached hydrogen (secondary N) is 1. The number of rotatable bonds is 5. The quantitative estimate of drug-likeness (QED) is 0.769. The average molecular weight is 333 g/mol. The van der Waals surface area contributed by atoms with E-state index in [2.05, 4.69) is 25.9 Å². The Hall–Kier alpha value is -1.44. The summed E-state index contributed by atoms with van der Waals surface area (Å²) in [4.78, 5) is 0. The minimum atomic E-state index is -2.77. The highest BCUT2D eigenvalue weighted by molar-refractivity contribution is 7.69. The first-order valence-corrected chi connectivity index (χ1v) is 9.77. The minimum Gasteiger partial charge on any atom is -0.302 e. The normalized spacial score (nSPS) is 15.9. The van der Waals surface area contributed by atoms with Crippen molar-refractivity contribution in [1.82, 2.24) is 5.09 Å². The topological polar surface area (TPSA) is 29.1 Å². The van der Waals surface area contributed by atoms with E-state index in [0.717, 1.165) is 10.9 Å². The van der Waals surface area contributed by atoms with E-state index in [4.69, 9.17) is 0 Å². The van der Waals surface area contributed by atoms with Crippen LogP contribution in [0.1, 0.15) is 39.3 Å². The van der Waals surface area contributed by atoms with Crippen molar-refractivity contribution < 1.29 is 8.96 Å². The molecule has 4 heteroatoms. The highest BCUT2D eigenvalue weighted by atomic mass is 31.2. The predicted molar refractivity (Wildman–Crippen MR) is 96.0 cm³/mol. The van der Waals surface area contributed by atoms with E-state index in [1.54, 1.807) is 12.1 Å². The first-order chi connectivity index (χ1) is 10.7. The molecule has 2 atom stereocenters. The standard InChI is InChI=1S/C19H25FNOP/c1-15(16-10-12-17(20)13-11-16)21-23(22,14-19(2,3)4)18-8-6-5-7-9-18/h5-13,15H,14H2,1-4H3,(H,21,22). The van der Waals surface area contributed by atoms with Gasteiger partial charge in [-0.2, -0.15) is 0 Å². The molecule has 0 aliphatic carbocycles. The van der Waals surface area contributed by atoms with Crippen molar-refractivity contribution in [3.05, 3.63) is 66.0 Å². The van der Waals surface area contributed by atoms with Gasteiger partial charge in [0.2, 0.25) is 0 Å². The van der Waals surface area contributed by atoms with Crippen LogP contribution in [0.5, 0.6) is 0 Å². The highest BCUT2D eigenvalue weighted by Gasteiger charge is 2.32. The van der Waals surface area contributed by atoms with Crippen LogP contribution in [0.15, 0.2) is 54.6 Å². The summed E-state index contributed by atoms with van der Waals surface area (Å²) < 4.78 is 26.8. The molecule has 2 aromatic rings. The molecule has 2 rings (SSSR count). The van der Waals surface area contributed by atoms with Crippen LogP contribution in [0.4, 0.5) is 4.39 Å². The zero-order valence-corrected chi connectivity index (χ0v) is 15.1. The van der Waals surface area contributed by atoms with Gasteiger partial charge in [0, 0.05) is 17.5 Å². The summed E-state index contributed by atoms with van der Waals surface area (Å²) in [5, 5.41) is 4.17. The van der Waals surface area contributed by atoms with Gasteiger partial charge in [-0.25, -0.2) is 4.39 Å². The second-order valence-electron chi connectivity index (χ2n) is 7.20. The molecule has 0 aromatic heterocycles. The minimum absolute atomic E-state index is 0.0686. The molecular weight excluding hydrogens is 308 g/mol. The zero-order chi connectivity index (χ0) is 17.1. The molecule has 0 saturated heterocycles. The molecule has 0 heterocycles. The van der Waals surface area contributed by atoms with Crippen LogP contribution in [0.3, 0.4) is 0 Å². The second kappa shape index (κ2) is 6.98. The maximum absolute atomic E-state index is 13.7. The van der Waals surface area contributed by atoms with E-state index in [1.165, 1.54) is 12.1 Å². The zero-order valence-electron chi connectivity index (χ0n) is 14.2. The number of hydrogen-bond donors (Lipinski definition) is 1. The lowest BCUT2D eigenvalue weighted by Crippen LogP contribution is -2.29. The van der Waals surface area contributed by atoms with Crippen molar-refractivity contribution >= 4 is 12.6 Å². The third kappa shape index (κ3) is 5.02. The van der Waals surface area contributed by atoms with Crippen LogP contribution in [0, 0.1) is 11.2 Å². The number of benzene rings is 2. The molecule has 124 valence electrons. The van der Waals surface area contributed by atoms with Gasteiger partial charge < -0.3 is 4.57 Å². The van der Waals surface area contributed by atoms with Crippen molar-refractivity contribution in [3.8, 4) is 0 Å². The second-order valence-corrected chi connectivity index (χ2v) is 9.77. The Bertz CT molecular complexity index is 677. The van der Waals surface area contributed by atoms with E-state index >= 15 is 0 Å². The van der Waals surface area contributed by atoms with Gasteiger partial charge >= 0.3 is 0 Å². The monoisotopic (exact) mass is 333 g/mol. The van der Waals surface area contributed by atoms with E-state index in [1.807, 2.05) is 37.3 Å². The summed E-state index contributed by atoms with van der Waals surface area (Å²) in [5.74, 6) is -0.262. The molecule has 23 heavy (non-hydrogen) atoms. The predicted octanol–water partition coefficient (Wildman–Crippen LogP) is 5.13. The molecule has 0 amide bonds. The van der Waals surface area contributed by atoms with Crippen molar-refractivity contribution in [2.45, 2.75) is 33.7 Å². The summed E-state index contributed by atoms with van der Waals surface area (Å²) in [6, 6.07) is 15.8. The van der Waals surface area contributed by atoms with Crippen molar-refractivity contribution in [2.24, 2.45) is 5.41 Å². The summed E-state index contributed by atoms with van der Waals surface area (Å²) in [5.41, 5.74) is 0.859. The van der Waals surface area contributed by atoms with Gasteiger partial charge in [-0.15, -0.1) is 0 Å². The maximum Gasteiger partial charge on any atom is 0.177 e. The molecule has 0 aliphatic rings. The Morgan fingerprint density at radius 3 is 2.13 bits per heavy atom. The van der Waals surface area contributed by atoms with Gasteiger partial charge in [0.25, 0.3) is 0 Å². The fourth-order valence-electron chi connectivity index (χ4n) is 2.69. The van der Waals surface area contributed by atoms with E-state index in [-0.39, 0.29) is 17.3 Å². The van der Waals surface area contributed by atoms with Crippen LogP contribution in [-0.4, -0.2) is 6.16 Å². The SMILES string of the molecule is CC(NP(=O)(CC(C)(C)C)c1ccccc1)c1ccc(F)cc1. The van der Waals surface area contributed by atoms with E-state index < -0.39 is 7.29 Å². The molecule has 0 aliphatic heterocycles. The third-order valence-electron chi connectivity index (χ3n) is 3.64. The summed E-state index contributed by atoms with van der Waals surface area (Å²) in [6.07, 6.45) is 0.565. The van der Waals surface area contributed by atoms with Crippen LogP contribution in [0.25, 0.3) is 0 Å². The molecule has 2 aromatic carbocycles. The Balaban J connectivity index is 2.31. The van der Waals surface area contributed by atoms with Crippen LogP contribution >= 0.6 is 7.29 Å². The van der Waals surface area contributed by atoms with Crippen LogP contribution < -0.4 is 10.4 Å². The van der Waals surface area contributed by atoms with Gasteiger partial charge in [-0.3, -0.25) is 5.09 Å². The molecule has 0 bridgehead atoms. The summed E-state index contributed by atoms with van der Waals surface area (Å²) in [6.45, 7) is 8.23. The maximum atomic E-state index is 13.7. The highest BCUT2D eigenvalue weighted by Crippen LogP contribution is 2.47. The van der Waals surface area contributed by atoms with Gasteiger partial charge in [-0.1, -0.05) is 63.2 Å². The first kappa shape index (κ1) is 17.9. The van der Waals surface area contributed by atoms with Crippen molar-refractivity contribution in [2.75, 3.05) is 6.16 Å². The summed E-state index contributed by atoms with van der Waals surface area (Å²) in [7, 11) is -2.77. The lowest BCUT2D eigenvalue weighted by Gasteiger charge is -2.30. The number of halogens is 1. The largest absolute Gasteiger partial charge is 0.302 e. The molecular formula is C19H25FNOP. The first-order valence-electron chi connectivity index (χ1n) is 7.88. The van der Waals surface area contributed by atoms with Gasteiger partial charge in [-0.05, 0) is 30.0 Å². The Kier molecular flexibility index (Phi) is 5.44. The molecule has 0 spiro atoms. The molecule has 0 radical (unpaired) electrons. The van der Waals surface area contributed by atoms with E-state index in [0.29, 0.717) is 6.16 Å². The van der Waals surface area contributed by atoms with Crippen molar-refractivity contribution in [1.29, 1.82) is 0 Å². The Morgan fingerprint density at radius 2 is 1.61 bits per heavy atom. The van der Waals surface area contributed by atoms with E-state index in [9.17, 15) is 8.96 Å². The Morgan fingerprint density at radius 1 is 1.04 bits per heavy atom. The molecule has 0 fully saturated rings.